The van der Waals surface area contributed by atoms with Gasteiger partial charge in [-0.05, 0) is 54.6 Å². The first-order valence-corrected chi connectivity index (χ1v) is 9.95. The molecular weight excluding hydrogens is 401 g/mol. The molecule has 2 amide bonds. The highest BCUT2D eigenvalue weighted by molar-refractivity contribution is 7.20. The molecule has 1 aliphatic heterocycles. The molecule has 4 rings (SSSR count). The number of alkyl halides is 3. The number of thiophene rings is 1. The average Bonchev–Trinajstić information content (AvgIpc) is 3.36. The first-order valence-electron chi connectivity index (χ1n) is 9.13. The highest BCUT2D eigenvalue weighted by Gasteiger charge is 2.34. The molecular formula is C21H17F3N2O2S. The number of carbonyl (C=O) groups is 2. The summed E-state index contributed by atoms with van der Waals surface area (Å²) >= 11 is 1.37. The maximum absolute atomic E-state index is 13.1. The molecule has 0 saturated carbocycles. The number of nitrogens with zero attached hydrogens (tertiary/aromatic N) is 1. The topological polar surface area (TPSA) is 49.4 Å². The number of amides is 2. The predicted octanol–water partition coefficient (Wildman–Crippen LogP) is 5.41. The molecule has 2 aromatic carbocycles. The van der Waals surface area contributed by atoms with Crippen molar-refractivity contribution >= 4 is 38.9 Å². The second kappa shape index (κ2) is 7.51. The molecule has 0 unspecified atom stereocenters. The predicted molar refractivity (Wildman–Crippen MR) is 106 cm³/mol. The van der Waals surface area contributed by atoms with Crippen LogP contribution >= 0.6 is 11.3 Å². The normalized spacial score (nSPS) is 14.4. The third-order valence-corrected chi connectivity index (χ3v) is 5.96. The van der Waals surface area contributed by atoms with E-state index in [4.69, 9.17) is 0 Å². The van der Waals surface area contributed by atoms with Crippen LogP contribution in [0.4, 0.5) is 18.9 Å². The molecule has 1 aliphatic rings. The van der Waals surface area contributed by atoms with E-state index < -0.39 is 23.2 Å². The van der Waals surface area contributed by atoms with Gasteiger partial charge in [0, 0.05) is 23.5 Å². The zero-order valence-electron chi connectivity index (χ0n) is 15.3. The van der Waals surface area contributed by atoms with Crippen molar-refractivity contribution in [3.05, 3.63) is 64.5 Å². The van der Waals surface area contributed by atoms with Crippen molar-refractivity contribution in [3.8, 4) is 0 Å². The molecule has 2 heterocycles. The van der Waals surface area contributed by atoms with Crippen LogP contribution in [0, 0.1) is 0 Å². The maximum Gasteiger partial charge on any atom is 0.417 e. The van der Waals surface area contributed by atoms with Gasteiger partial charge in [0.1, 0.15) is 0 Å². The minimum atomic E-state index is -4.61. The van der Waals surface area contributed by atoms with Gasteiger partial charge in [-0.1, -0.05) is 12.1 Å². The van der Waals surface area contributed by atoms with E-state index in [1.165, 1.54) is 23.5 Å². The maximum atomic E-state index is 13.1. The quantitative estimate of drug-likeness (QED) is 0.618. The summed E-state index contributed by atoms with van der Waals surface area (Å²) in [7, 11) is 0. The number of hydrogen-bond donors (Lipinski definition) is 1. The Bertz CT molecular complexity index is 1080. The van der Waals surface area contributed by atoms with Crippen molar-refractivity contribution in [3.63, 3.8) is 0 Å². The lowest BCUT2D eigenvalue weighted by Gasteiger charge is -2.13. The monoisotopic (exact) mass is 418 g/mol. The molecule has 1 fully saturated rings. The molecule has 0 spiro atoms. The molecule has 0 aliphatic carbocycles. The van der Waals surface area contributed by atoms with Crippen LogP contribution in [0.3, 0.4) is 0 Å². The van der Waals surface area contributed by atoms with Crippen LogP contribution in [0.5, 0.6) is 0 Å². The van der Waals surface area contributed by atoms with Gasteiger partial charge in [-0.3, -0.25) is 9.59 Å². The number of rotatable bonds is 3. The summed E-state index contributed by atoms with van der Waals surface area (Å²) in [5, 5.41) is 3.29. The van der Waals surface area contributed by atoms with E-state index in [-0.39, 0.29) is 5.91 Å². The van der Waals surface area contributed by atoms with Crippen LogP contribution < -0.4 is 5.32 Å². The average molecular weight is 418 g/mol. The van der Waals surface area contributed by atoms with Crippen molar-refractivity contribution in [2.75, 3.05) is 18.4 Å². The molecule has 0 atom stereocenters. The molecule has 8 heteroatoms. The van der Waals surface area contributed by atoms with Crippen LogP contribution in [0.2, 0.25) is 0 Å². The standard InChI is InChI=1S/C21H17F3N2O2S/c22-21(23,24)16-6-2-1-5-15(16)19(27)25-14-7-8-17-13(11-14)12-18(29-17)20(28)26-9-3-4-10-26/h1-2,5-8,11-12H,3-4,9-10H2,(H,25,27). The third kappa shape index (κ3) is 3.98. The fourth-order valence-corrected chi connectivity index (χ4v) is 4.44. The lowest BCUT2D eigenvalue weighted by molar-refractivity contribution is -0.137. The summed E-state index contributed by atoms with van der Waals surface area (Å²) in [6.45, 7) is 1.51. The Kier molecular flexibility index (Phi) is 5.04. The molecule has 29 heavy (non-hydrogen) atoms. The zero-order chi connectivity index (χ0) is 20.6. The summed E-state index contributed by atoms with van der Waals surface area (Å²) in [6.07, 6.45) is -2.60. The van der Waals surface area contributed by atoms with Crippen LogP contribution in [0.15, 0.2) is 48.5 Å². The van der Waals surface area contributed by atoms with Gasteiger partial charge in [0.05, 0.1) is 16.0 Å². The molecule has 150 valence electrons. The summed E-state index contributed by atoms with van der Waals surface area (Å²) in [4.78, 5) is 27.4. The van der Waals surface area contributed by atoms with Crippen molar-refractivity contribution in [1.29, 1.82) is 0 Å². The van der Waals surface area contributed by atoms with E-state index in [0.29, 0.717) is 10.6 Å². The SMILES string of the molecule is O=C(Nc1ccc2sc(C(=O)N3CCCC3)cc2c1)c1ccccc1C(F)(F)F. The number of carbonyl (C=O) groups excluding carboxylic acids is 2. The summed E-state index contributed by atoms with van der Waals surface area (Å²) in [5.41, 5.74) is -1.04. The van der Waals surface area contributed by atoms with Crippen molar-refractivity contribution in [1.82, 2.24) is 4.90 Å². The first-order chi connectivity index (χ1) is 13.8. The molecule has 0 radical (unpaired) electrons. The number of likely N-dealkylation sites (tertiary alicyclic amines) is 1. The molecule has 1 N–H and O–H groups in total. The number of benzene rings is 2. The van der Waals surface area contributed by atoms with Gasteiger partial charge in [0.2, 0.25) is 0 Å². The summed E-state index contributed by atoms with van der Waals surface area (Å²) in [5.74, 6) is -0.839. The van der Waals surface area contributed by atoms with Crippen molar-refractivity contribution in [2.45, 2.75) is 19.0 Å². The van der Waals surface area contributed by atoms with E-state index in [1.54, 1.807) is 24.3 Å². The number of hydrogen-bond acceptors (Lipinski definition) is 3. The van der Waals surface area contributed by atoms with Gasteiger partial charge in [0.15, 0.2) is 0 Å². The smallest absolute Gasteiger partial charge is 0.338 e. The lowest BCUT2D eigenvalue weighted by atomic mass is 10.1. The second-order valence-corrected chi connectivity index (χ2v) is 7.94. The van der Waals surface area contributed by atoms with E-state index in [2.05, 4.69) is 5.32 Å². The highest BCUT2D eigenvalue weighted by atomic mass is 32.1. The Morgan fingerprint density at radius 3 is 2.45 bits per heavy atom. The van der Waals surface area contributed by atoms with Crippen molar-refractivity contribution in [2.24, 2.45) is 0 Å². The van der Waals surface area contributed by atoms with E-state index >= 15 is 0 Å². The molecule has 0 bridgehead atoms. The van der Waals surface area contributed by atoms with Gasteiger partial charge < -0.3 is 10.2 Å². The van der Waals surface area contributed by atoms with Gasteiger partial charge in [0.25, 0.3) is 11.8 Å². The van der Waals surface area contributed by atoms with Crippen LogP contribution in [-0.4, -0.2) is 29.8 Å². The second-order valence-electron chi connectivity index (χ2n) is 6.86. The Labute approximate surface area is 168 Å². The van der Waals surface area contributed by atoms with Gasteiger partial charge in [-0.15, -0.1) is 11.3 Å². The van der Waals surface area contributed by atoms with Gasteiger partial charge in [-0.2, -0.15) is 13.2 Å². The van der Waals surface area contributed by atoms with E-state index in [0.717, 1.165) is 48.2 Å². The van der Waals surface area contributed by atoms with Gasteiger partial charge >= 0.3 is 6.18 Å². The van der Waals surface area contributed by atoms with E-state index in [1.807, 2.05) is 4.90 Å². The van der Waals surface area contributed by atoms with Crippen molar-refractivity contribution < 1.29 is 22.8 Å². The zero-order valence-corrected chi connectivity index (χ0v) is 16.1. The number of anilines is 1. The lowest BCUT2D eigenvalue weighted by Crippen LogP contribution is -2.26. The first kappa shape index (κ1) is 19.4. The molecule has 1 aromatic heterocycles. The Morgan fingerprint density at radius 1 is 1.00 bits per heavy atom. The minimum Gasteiger partial charge on any atom is -0.338 e. The largest absolute Gasteiger partial charge is 0.417 e. The third-order valence-electron chi connectivity index (χ3n) is 4.86. The fourth-order valence-electron chi connectivity index (χ4n) is 3.43. The Morgan fingerprint density at radius 2 is 1.72 bits per heavy atom. The van der Waals surface area contributed by atoms with Gasteiger partial charge in [-0.25, -0.2) is 0 Å². The number of fused-ring (bicyclic) bond motifs is 1. The minimum absolute atomic E-state index is 0.00612. The van der Waals surface area contributed by atoms with Crippen LogP contribution in [0.25, 0.3) is 10.1 Å². The number of nitrogens with one attached hydrogen (secondary N) is 1. The molecule has 3 aromatic rings. The Balaban J connectivity index is 1.58. The number of halogens is 3. The van der Waals surface area contributed by atoms with Crippen LogP contribution in [-0.2, 0) is 6.18 Å². The molecule has 1 saturated heterocycles. The molecule has 4 nitrogen and oxygen atoms in total. The Hall–Kier alpha value is -2.87. The van der Waals surface area contributed by atoms with E-state index in [9.17, 15) is 22.8 Å². The fraction of sp³-hybridized carbons (Fsp3) is 0.238. The summed E-state index contributed by atoms with van der Waals surface area (Å²) < 4.78 is 40.3. The highest BCUT2D eigenvalue weighted by Crippen LogP contribution is 2.33. The summed E-state index contributed by atoms with van der Waals surface area (Å²) in [6, 6.07) is 11.5. The van der Waals surface area contributed by atoms with Crippen LogP contribution in [0.1, 0.15) is 38.4 Å².